The molecule has 0 aromatic heterocycles. The Kier molecular flexibility index (Phi) is 84.6. The smallest absolute Gasteiger partial charge is 0.462 e. The van der Waals surface area contributed by atoms with Crippen LogP contribution in [-0.4, -0.2) is 96.7 Å². The van der Waals surface area contributed by atoms with E-state index < -0.39 is 97.5 Å². The van der Waals surface area contributed by atoms with Crippen LogP contribution >= 0.6 is 15.6 Å². The molecule has 0 spiro atoms. The van der Waals surface area contributed by atoms with Gasteiger partial charge in [0.2, 0.25) is 0 Å². The fourth-order valence-corrected chi connectivity index (χ4v) is 16.6. The highest BCUT2D eigenvalue weighted by atomic mass is 31.2. The molecule has 0 aliphatic rings. The number of hydrogen-bond donors (Lipinski definition) is 3. The Bertz CT molecular complexity index is 2170. The summed E-state index contributed by atoms with van der Waals surface area (Å²) in [5.74, 6) is -0.506. The van der Waals surface area contributed by atoms with Crippen LogP contribution in [0.25, 0.3) is 0 Å². The molecule has 17 nitrogen and oxygen atoms in total. The lowest BCUT2D eigenvalue weighted by atomic mass is 9.99. The summed E-state index contributed by atoms with van der Waals surface area (Å²) >= 11 is 0. The molecule has 0 aromatic rings. The van der Waals surface area contributed by atoms with Gasteiger partial charge in [-0.15, -0.1) is 0 Å². The third kappa shape index (κ3) is 86.4. The zero-order chi connectivity index (χ0) is 83.4. The SMILES string of the molecule is CCCCCCCCCCCCCCCCCCCCCCCCC(=O)O[C@H](COC(=O)CCCCCCCCCCCCCCCCCCCCCCC)COP(=O)(O)OC[C@@H](O)COP(=O)(O)OC[C@@H](COC(=O)CCCCCCCCCCC(C)CC)OC(=O)CCCCCCCCCCCCCCCCCCC(C)C. The number of ether oxygens (including phenoxy) is 4. The summed E-state index contributed by atoms with van der Waals surface area (Å²) in [7, 11) is -9.94. The molecule has 0 saturated heterocycles. The van der Waals surface area contributed by atoms with Crippen LogP contribution < -0.4 is 0 Å². The molecule has 0 bridgehead atoms. The van der Waals surface area contributed by atoms with Crippen LogP contribution in [0.3, 0.4) is 0 Å². The summed E-state index contributed by atoms with van der Waals surface area (Å²) in [6.45, 7) is 9.75. The first-order valence-corrected chi connectivity index (χ1v) is 52.0. The molecule has 0 aromatic carbocycles. The van der Waals surface area contributed by atoms with E-state index in [1.807, 2.05) is 0 Å². The fraction of sp³-hybridized carbons (Fsp3) is 0.958. The minimum Gasteiger partial charge on any atom is -0.462 e. The molecule has 678 valence electrons. The van der Waals surface area contributed by atoms with Gasteiger partial charge in [0.05, 0.1) is 26.4 Å². The van der Waals surface area contributed by atoms with Gasteiger partial charge in [-0.1, -0.05) is 465 Å². The maximum atomic E-state index is 13.2. The lowest BCUT2D eigenvalue weighted by Gasteiger charge is -2.21. The maximum Gasteiger partial charge on any atom is 0.472 e. The predicted octanol–water partition coefficient (Wildman–Crippen LogP) is 29.7. The summed E-state index contributed by atoms with van der Waals surface area (Å²) in [6, 6.07) is 0. The molecule has 0 amide bonds. The quantitative estimate of drug-likeness (QED) is 0.0222. The van der Waals surface area contributed by atoms with Crippen LogP contribution in [0.4, 0.5) is 0 Å². The van der Waals surface area contributed by atoms with Gasteiger partial charge in [0.25, 0.3) is 0 Å². The molecule has 0 aliphatic carbocycles. The molecule has 3 unspecified atom stereocenters. The van der Waals surface area contributed by atoms with E-state index >= 15 is 0 Å². The first kappa shape index (κ1) is 112. The van der Waals surface area contributed by atoms with Gasteiger partial charge in [0.15, 0.2) is 12.2 Å². The topological polar surface area (TPSA) is 237 Å². The van der Waals surface area contributed by atoms with Crippen molar-refractivity contribution >= 4 is 39.5 Å². The molecule has 0 saturated carbocycles. The third-order valence-electron chi connectivity index (χ3n) is 22.8. The highest BCUT2D eigenvalue weighted by molar-refractivity contribution is 7.47. The van der Waals surface area contributed by atoms with Crippen molar-refractivity contribution < 1.29 is 80.2 Å². The molecule has 19 heteroatoms. The number of hydrogen-bond acceptors (Lipinski definition) is 15. The van der Waals surface area contributed by atoms with Crippen LogP contribution in [0.15, 0.2) is 0 Å². The van der Waals surface area contributed by atoms with E-state index in [-0.39, 0.29) is 25.7 Å². The van der Waals surface area contributed by atoms with Crippen molar-refractivity contribution in [1.29, 1.82) is 0 Å². The minimum atomic E-state index is -4.97. The number of aliphatic hydroxyl groups is 1. The summed E-state index contributed by atoms with van der Waals surface area (Å²) in [4.78, 5) is 73.6. The van der Waals surface area contributed by atoms with Gasteiger partial charge >= 0.3 is 39.5 Å². The summed E-state index contributed by atoms with van der Waals surface area (Å²) in [5.41, 5.74) is 0. The largest absolute Gasteiger partial charge is 0.472 e. The van der Waals surface area contributed by atoms with E-state index in [1.54, 1.807) is 0 Å². The number of carbonyl (C=O) groups is 4. The number of phosphoric acid groups is 2. The molecule has 0 heterocycles. The molecule has 0 aliphatic heterocycles. The predicted molar refractivity (Wildman–Crippen MR) is 474 cm³/mol. The average Bonchev–Trinajstić information content (AvgIpc) is 0.900. The first-order chi connectivity index (χ1) is 55.4. The molecule has 0 fully saturated rings. The highest BCUT2D eigenvalue weighted by Gasteiger charge is 2.31. The Morgan fingerprint density at radius 3 is 0.667 bits per heavy atom. The van der Waals surface area contributed by atoms with Gasteiger partial charge < -0.3 is 33.8 Å². The van der Waals surface area contributed by atoms with Gasteiger partial charge in [0.1, 0.15) is 19.3 Å². The van der Waals surface area contributed by atoms with Crippen molar-refractivity contribution in [3.05, 3.63) is 0 Å². The second-order valence-corrected chi connectivity index (χ2v) is 37.7. The van der Waals surface area contributed by atoms with Crippen LogP contribution in [0.1, 0.15) is 517 Å². The normalized spacial score (nSPS) is 13.9. The number of rotatable bonds is 94. The average molecular weight is 1660 g/mol. The molecular weight excluding hydrogens is 1470 g/mol. The van der Waals surface area contributed by atoms with Gasteiger partial charge in [-0.3, -0.25) is 37.3 Å². The Morgan fingerprint density at radius 1 is 0.254 bits per heavy atom. The Balaban J connectivity index is 5.24. The monoisotopic (exact) mass is 1660 g/mol. The molecule has 6 atom stereocenters. The van der Waals surface area contributed by atoms with Gasteiger partial charge in [-0.05, 0) is 37.5 Å². The molecular formula is C95H186O17P2. The van der Waals surface area contributed by atoms with Crippen molar-refractivity contribution in [3.8, 4) is 0 Å². The standard InChI is InChI=1S/C95H186O17P2/c1-7-10-12-14-16-18-20-22-24-26-28-30-32-34-36-41-45-49-53-61-67-73-79-94(99)111-90(83-105-92(97)77-71-65-59-52-48-44-40-35-33-31-29-27-25-23-21-19-17-15-13-11-8-2)85-109-113(101,102)107-81-89(96)82-108-114(103,104)110-86-91(84-106-93(98)78-72-66-60-56-55-58-64-70-76-88(6)9-3)112-95(100)80-74-68-62-54-50-46-42-38-37-39-43-47-51-57-63-69-75-87(4)5/h87-91,96H,7-86H2,1-6H3,(H,101,102)(H,103,104)/t88?,89-,90-,91-/m1/s1. The first-order valence-electron chi connectivity index (χ1n) is 49.0. The number of esters is 4. The third-order valence-corrected chi connectivity index (χ3v) is 24.7. The molecule has 0 radical (unpaired) electrons. The fourth-order valence-electron chi connectivity index (χ4n) is 15.0. The van der Waals surface area contributed by atoms with Crippen LogP contribution in [-0.2, 0) is 65.4 Å². The lowest BCUT2D eigenvalue weighted by molar-refractivity contribution is -0.161. The molecule has 3 N–H and O–H groups in total. The number of unbranched alkanes of at least 4 members (excludes halogenated alkanes) is 63. The maximum absolute atomic E-state index is 13.2. The van der Waals surface area contributed by atoms with Crippen LogP contribution in [0, 0.1) is 11.8 Å². The zero-order valence-electron chi connectivity index (χ0n) is 75.4. The lowest BCUT2D eigenvalue weighted by Crippen LogP contribution is -2.30. The van der Waals surface area contributed by atoms with E-state index in [1.165, 1.54) is 334 Å². The van der Waals surface area contributed by atoms with Crippen LogP contribution in [0.5, 0.6) is 0 Å². The molecule has 0 rings (SSSR count). The van der Waals surface area contributed by atoms with Gasteiger partial charge in [-0.2, -0.15) is 0 Å². The Hall–Kier alpha value is -1.94. The number of phosphoric ester groups is 2. The van der Waals surface area contributed by atoms with Crippen LogP contribution in [0.2, 0.25) is 0 Å². The van der Waals surface area contributed by atoms with E-state index in [0.29, 0.717) is 25.7 Å². The van der Waals surface area contributed by atoms with E-state index in [4.69, 9.17) is 37.0 Å². The van der Waals surface area contributed by atoms with Crippen molar-refractivity contribution in [2.45, 2.75) is 535 Å². The van der Waals surface area contributed by atoms with Crippen molar-refractivity contribution in [2.75, 3.05) is 39.6 Å². The summed E-state index contributed by atoms with van der Waals surface area (Å²) < 4.78 is 69.2. The van der Waals surface area contributed by atoms with Crippen molar-refractivity contribution in [3.63, 3.8) is 0 Å². The highest BCUT2D eigenvalue weighted by Crippen LogP contribution is 2.45. The van der Waals surface area contributed by atoms with E-state index in [9.17, 15) is 43.2 Å². The Labute approximate surface area is 702 Å². The zero-order valence-corrected chi connectivity index (χ0v) is 77.2. The second kappa shape index (κ2) is 86.0. The minimum absolute atomic E-state index is 0.108. The Morgan fingerprint density at radius 2 is 0.447 bits per heavy atom. The second-order valence-electron chi connectivity index (χ2n) is 34.8. The van der Waals surface area contributed by atoms with Gasteiger partial charge in [-0.25, -0.2) is 9.13 Å². The summed E-state index contributed by atoms with van der Waals surface area (Å²) in [5, 5.41) is 10.7. The van der Waals surface area contributed by atoms with Crippen molar-refractivity contribution in [1.82, 2.24) is 0 Å². The summed E-state index contributed by atoms with van der Waals surface area (Å²) in [6.07, 6.45) is 82.2. The van der Waals surface area contributed by atoms with Gasteiger partial charge in [0, 0.05) is 25.7 Å². The number of carbonyl (C=O) groups excluding carboxylic acids is 4. The molecule has 114 heavy (non-hydrogen) atoms. The van der Waals surface area contributed by atoms with E-state index in [0.717, 1.165) is 102 Å². The van der Waals surface area contributed by atoms with E-state index in [2.05, 4.69) is 41.5 Å². The number of aliphatic hydroxyl groups excluding tert-OH is 1. The van der Waals surface area contributed by atoms with Crippen molar-refractivity contribution in [2.24, 2.45) is 11.8 Å².